The second-order valence-electron chi connectivity index (χ2n) is 7.77. The topological polar surface area (TPSA) is 83.8 Å². The van der Waals surface area contributed by atoms with Crippen LogP contribution in [0.25, 0.3) is 0 Å². The van der Waals surface area contributed by atoms with Crippen LogP contribution in [0, 0.1) is 0 Å². The number of aliphatic hydroxyl groups excluding tert-OH is 1. The third-order valence-electron chi connectivity index (χ3n) is 5.39. The monoisotopic (exact) mass is 382 g/mol. The molecular weight excluding hydrogens is 344 g/mol. The van der Waals surface area contributed by atoms with Crippen molar-refractivity contribution in [1.82, 2.24) is 0 Å². The summed E-state index contributed by atoms with van der Waals surface area (Å²) in [5.74, 6) is -1.15. The Hall–Kier alpha value is -1.20. The molecule has 0 aromatic heterocycles. The SMILES string of the molecule is CCCCCCCCCCCCCCC(OC(C)=O)C1(O)C(=O)C=CC1O. The van der Waals surface area contributed by atoms with Gasteiger partial charge in [-0.1, -0.05) is 77.6 Å². The highest BCUT2D eigenvalue weighted by molar-refractivity contribution is 6.01. The number of rotatable bonds is 15. The zero-order chi connectivity index (χ0) is 20.1. The number of hydrogen-bond acceptors (Lipinski definition) is 5. The van der Waals surface area contributed by atoms with E-state index < -0.39 is 29.6 Å². The Morgan fingerprint density at radius 3 is 1.93 bits per heavy atom. The fourth-order valence-electron chi connectivity index (χ4n) is 3.69. The molecule has 0 saturated heterocycles. The maximum Gasteiger partial charge on any atom is 0.303 e. The van der Waals surface area contributed by atoms with Crippen molar-refractivity contribution in [2.45, 2.75) is 115 Å². The van der Waals surface area contributed by atoms with E-state index in [1.807, 2.05) is 0 Å². The number of carbonyl (C=O) groups is 2. The van der Waals surface area contributed by atoms with Crippen molar-refractivity contribution < 1.29 is 24.5 Å². The molecule has 1 rings (SSSR count). The molecule has 27 heavy (non-hydrogen) atoms. The fourth-order valence-corrected chi connectivity index (χ4v) is 3.69. The molecule has 0 spiro atoms. The molecule has 3 unspecified atom stereocenters. The van der Waals surface area contributed by atoms with Crippen molar-refractivity contribution in [2.24, 2.45) is 0 Å². The van der Waals surface area contributed by atoms with Crippen LogP contribution in [0.4, 0.5) is 0 Å². The standard InChI is InChI=1S/C22H38O5/c1-3-4-5-6-7-8-9-10-11-12-13-14-15-21(27-18(2)23)22(26)19(24)16-17-20(22)25/h16-17,19,21,24,26H,3-15H2,1-2H3. The van der Waals surface area contributed by atoms with Crippen LogP contribution >= 0.6 is 0 Å². The van der Waals surface area contributed by atoms with E-state index in [4.69, 9.17) is 4.74 Å². The number of aliphatic hydroxyl groups is 2. The van der Waals surface area contributed by atoms with E-state index in [1.165, 1.54) is 70.8 Å². The minimum atomic E-state index is -2.04. The average molecular weight is 383 g/mol. The lowest BCUT2D eigenvalue weighted by Crippen LogP contribution is -2.55. The zero-order valence-electron chi connectivity index (χ0n) is 17.1. The highest BCUT2D eigenvalue weighted by Gasteiger charge is 2.52. The van der Waals surface area contributed by atoms with E-state index in [2.05, 4.69) is 6.92 Å². The van der Waals surface area contributed by atoms with E-state index in [0.717, 1.165) is 25.3 Å². The molecule has 0 saturated carbocycles. The molecule has 1 aliphatic carbocycles. The molecule has 0 aliphatic heterocycles. The van der Waals surface area contributed by atoms with Crippen molar-refractivity contribution >= 4 is 11.8 Å². The zero-order valence-corrected chi connectivity index (χ0v) is 17.1. The van der Waals surface area contributed by atoms with Gasteiger partial charge in [0.1, 0.15) is 12.2 Å². The summed E-state index contributed by atoms with van der Waals surface area (Å²) in [4.78, 5) is 23.3. The lowest BCUT2D eigenvalue weighted by molar-refractivity contribution is -0.178. The smallest absolute Gasteiger partial charge is 0.303 e. The molecule has 156 valence electrons. The number of ether oxygens (including phenoxy) is 1. The second-order valence-corrected chi connectivity index (χ2v) is 7.77. The van der Waals surface area contributed by atoms with Gasteiger partial charge >= 0.3 is 5.97 Å². The minimum absolute atomic E-state index is 0.373. The first-order chi connectivity index (χ1) is 12.9. The molecule has 1 aliphatic rings. The molecule has 0 bridgehead atoms. The molecule has 0 amide bonds. The summed E-state index contributed by atoms with van der Waals surface area (Å²) < 4.78 is 5.17. The number of ketones is 1. The fraction of sp³-hybridized carbons (Fsp3) is 0.818. The third-order valence-corrected chi connectivity index (χ3v) is 5.39. The van der Waals surface area contributed by atoms with Gasteiger partial charge in [-0.2, -0.15) is 0 Å². The van der Waals surface area contributed by atoms with Crippen molar-refractivity contribution in [1.29, 1.82) is 0 Å². The maximum atomic E-state index is 12.0. The van der Waals surface area contributed by atoms with Gasteiger partial charge in [0.15, 0.2) is 11.4 Å². The van der Waals surface area contributed by atoms with Gasteiger partial charge in [0.2, 0.25) is 0 Å². The number of hydrogen-bond donors (Lipinski definition) is 2. The Morgan fingerprint density at radius 1 is 1.04 bits per heavy atom. The minimum Gasteiger partial charge on any atom is -0.459 e. The van der Waals surface area contributed by atoms with Gasteiger partial charge in [0, 0.05) is 6.92 Å². The van der Waals surface area contributed by atoms with Crippen LogP contribution in [-0.2, 0) is 14.3 Å². The summed E-state index contributed by atoms with van der Waals surface area (Å²) in [7, 11) is 0. The van der Waals surface area contributed by atoms with E-state index in [-0.39, 0.29) is 0 Å². The molecule has 0 heterocycles. The van der Waals surface area contributed by atoms with E-state index in [1.54, 1.807) is 0 Å². The Labute approximate surface area is 164 Å². The van der Waals surface area contributed by atoms with Gasteiger partial charge in [0.25, 0.3) is 0 Å². The predicted molar refractivity (Wildman–Crippen MR) is 106 cm³/mol. The summed E-state index contributed by atoms with van der Waals surface area (Å²) in [6.07, 6.45) is 15.0. The summed E-state index contributed by atoms with van der Waals surface area (Å²) in [5.41, 5.74) is -2.04. The molecular formula is C22H38O5. The second kappa shape index (κ2) is 13.1. The van der Waals surface area contributed by atoms with Crippen LogP contribution in [0.1, 0.15) is 97.3 Å². The highest BCUT2D eigenvalue weighted by Crippen LogP contribution is 2.30. The highest BCUT2D eigenvalue weighted by atomic mass is 16.6. The summed E-state index contributed by atoms with van der Waals surface area (Å²) in [6.45, 7) is 3.48. The van der Waals surface area contributed by atoms with Crippen molar-refractivity contribution in [3.63, 3.8) is 0 Å². The lowest BCUT2D eigenvalue weighted by Gasteiger charge is -2.33. The van der Waals surface area contributed by atoms with Gasteiger partial charge < -0.3 is 14.9 Å². The summed E-state index contributed by atoms with van der Waals surface area (Å²) >= 11 is 0. The van der Waals surface area contributed by atoms with E-state index in [0.29, 0.717) is 6.42 Å². The predicted octanol–water partition coefficient (Wildman–Crippen LogP) is 4.24. The summed E-state index contributed by atoms with van der Waals surface area (Å²) in [5, 5.41) is 20.5. The first kappa shape index (κ1) is 23.8. The number of carbonyl (C=O) groups excluding carboxylic acids is 2. The molecule has 0 radical (unpaired) electrons. The van der Waals surface area contributed by atoms with Crippen LogP contribution in [-0.4, -0.2) is 39.8 Å². The molecule has 0 fully saturated rings. The number of unbranched alkanes of at least 4 members (excludes halogenated alkanes) is 11. The molecule has 5 nitrogen and oxygen atoms in total. The van der Waals surface area contributed by atoms with Gasteiger partial charge in [-0.3, -0.25) is 9.59 Å². The Morgan fingerprint density at radius 2 is 1.52 bits per heavy atom. The summed E-state index contributed by atoms with van der Waals surface area (Å²) in [6, 6.07) is 0. The van der Waals surface area contributed by atoms with Gasteiger partial charge in [-0.25, -0.2) is 0 Å². The average Bonchev–Trinajstić information content (AvgIpc) is 2.89. The Balaban J connectivity index is 2.18. The van der Waals surface area contributed by atoms with E-state index >= 15 is 0 Å². The van der Waals surface area contributed by atoms with Crippen LogP contribution in [0.15, 0.2) is 12.2 Å². The van der Waals surface area contributed by atoms with Crippen LogP contribution in [0.5, 0.6) is 0 Å². The first-order valence-corrected chi connectivity index (χ1v) is 10.7. The molecule has 0 aromatic rings. The first-order valence-electron chi connectivity index (χ1n) is 10.7. The molecule has 2 N–H and O–H groups in total. The van der Waals surface area contributed by atoms with Gasteiger partial charge in [0.05, 0.1) is 0 Å². The van der Waals surface area contributed by atoms with E-state index in [9.17, 15) is 19.8 Å². The molecule has 0 aromatic carbocycles. The number of esters is 1. The lowest BCUT2D eigenvalue weighted by atomic mass is 9.87. The largest absolute Gasteiger partial charge is 0.459 e. The normalized spacial score (nSPS) is 23.0. The van der Waals surface area contributed by atoms with Gasteiger partial charge in [-0.05, 0) is 25.0 Å². The Bertz CT molecular complexity index is 473. The van der Waals surface area contributed by atoms with Crippen molar-refractivity contribution in [2.75, 3.05) is 0 Å². The van der Waals surface area contributed by atoms with Crippen LogP contribution in [0.3, 0.4) is 0 Å². The molecule has 5 heteroatoms. The molecule has 3 atom stereocenters. The van der Waals surface area contributed by atoms with Crippen molar-refractivity contribution in [3.05, 3.63) is 12.2 Å². The third kappa shape index (κ3) is 8.14. The van der Waals surface area contributed by atoms with Crippen LogP contribution < -0.4 is 0 Å². The maximum absolute atomic E-state index is 12.0. The van der Waals surface area contributed by atoms with Gasteiger partial charge in [-0.15, -0.1) is 0 Å². The Kier molecular flexibility index (Phi) is 11.5. The quantitative estimate of drug-likeness (QED) is 0.327. The van der Waals surface area contributed by atoms with Crippen molar-refractivity contribution in [3.8, 4) is 0 Å². The van der Waals surface area contributed by atoms with Crippen LogP contribution in [0.2, 0.25) is 0 Å².